The number of nitrogens with zero attached hydrogens (tertiary/aromatic N) is 1. The second-order valence-corrected chi connectivity index (χ2v) is 6.39. The predicted octanol–water partition coefficient (Wildman–Crippen LogP) is 3.50. The molecule has 0 radical (unpaired) electrons. The Bertz CT molecular complexity index is 698. The molecule has 0 amide bonds. The van der Waals surface area contributed by atoms with Crippen LogP contribution in [0.25, 0.3) is 0 Å². The van der Waals surface area contributed by atoms with E-state index in [2.05, 4.69) is 9.72 Å². The first-order valence-corrected chi connectivity index (χ1v) is 7.91. The van der Waals surface area contributed by atoms with E-state index in [1.54, 1.807) is 36.5 Å². The van der Waals surface area contributed by atoms with Gasteiger partial charge in [0.25, 0.3) is 0 Å². The fourth-order valence-electron chi connectivity index (χ4n) is 3.42. The number of hydrogen-bond donors (Lipinski definition) is 2. The number of aliphatic hydroxyl groups excluding tert-OH is 2. The smallest absolute Gasteiger partial charge is 0.406 e. The van der Waals surface area contributed by atoms with Gasteiger partial charge in [-0.05, 0) is 49.1 Å². The Morgan fingerprint density at radius 1 is 1.16 bits per heavy atom. The summed E-state index contributed by atoms with van der Waals surface area (Å²) < 4.78 is 40.7. The molecule has 2 aromatic rings. The van der Waals surface area contributed by atoms with Crippen molar-refractivity contribution >= 4 is 0 Å². The van der Waals surface area contributed by atoms with Crippen LogP contribution < -0.4 is 4.74 Å². The molecule has 1 fully saturated rings. The average molecular weight is 353 g/mol. The molecule has 3 rings (SSSR count). The Morgan fingerprint density at radius 2 is 1.84 bits per heavy atom. The van der Waals surface area contributed by atoms with E-state index in [0.717, 1.165) is 5.56 Å². The van der Waals surface area contributed by atoms with Crippen LogP contribution in [0.5, 0.6) is 5.75 Å². The molecule has 0 bridgehead atoms. The Morgan fingerprint density at radius 3 is 2.36 bits per heavy atom. The first kappa shape index (κ1) is 17.7. The van der Waals surface area contributed by atoms with Crippen molar-refractivity contribution in [3.8, 4) is 5.75 Å². The molecule has 1 aromatic heterocycles. The van der Waals surface area contributed by atoms with Crippen LogP contribution >= 0.6 is 0 Å². The molecule has 1 heterocycles. The molecule has 7 heteroatoms. The van der Waals surface area contributed by atoms with Crippen LogP contribution in [0.15, 0.2) is 48.7 Å². The number of benzene rings is 1. The monoisotopic (exact) mass is 353 g/mol. The summed E-state index contributed by atoms with van der Waals surface area (Å²) in [7, 11) is 0. The van der Waals surface area contributed by atoms with Gasteiger partial charge in [0.15, 0.2) is 0 Å². The molecule has 134 valence electrons. The van der Waals surface area contributed by atoms with E-state index in [0.29, 0.717) is 25.0 Å². The normalized spacial score (nSPS) is 24.4. The third-order valence-corrected chi connectivity index (χ3v) is 4.57. The molecule has 2 N–H and O–H groups in total. The van der Waals surface area contributed by atoms with Crippen LogP contribution in [0.2, 0.25) is 0 Å². The summed E-state index contributed by atoms with van der Waals surface area (Å²) in [5.41, 5.74) is 0.801. The summed E-state index contributed by atoms with van der Waals surface area (Å²) in [6, 6.07) is 10.9. The number of alkyl halides is 3. The first-order valence-electron chi connectivity index (χ1n) is 7.91. The molecule has 1 unspecified atom stereocenters. The van der Waals surface area contributed by atoms with Crippen molar-refractivity contribution < 1.29 is 28.1 Å². The molecule has 1 aliphatic carbocycles. The Balaban J connectivity index is 1.78. The number of hydrogen-bond acceptors (Lipinski definition) is 4. The maximum Gasteiger partial charge on any atom is 0.573 e. The topological polar surface area (TPSA) is 62.6 Å². The average Bonchev–Trinajstić information content (AvgIpc) is 2.53. The highest BCUT2D eigenvalue weighted by atomic mass is 19.4. The Labute approximate surface area is 142 Å². The van der Waals surface area contributed by atoms with Crippen molar-refractivity contribution in [3.63, 3.8) is 0 Å². The van der Waals surface area contributed by atoms with Crippen molar-refractivity contribution in [2.24, 2.45) is 0 Å². The molecule has 1 aromatic carbocycles. The van der Waals surface area contributed by atoms with E-state index >= 15 is 0 Å². The summed E-state index contributed by atoms with van der Waals surface area (Å²) in [6.07, 6.45) is -3.24. The van der Waals surface area contributed by atoms with Gasteiger partial charge in [-0.2, -0.15) is 0 Å². The summed E-state index contributed by atoms with van der Waals surface area (Å²) in [5.74, 6) is -0.295. The molecule has 25 heavy (non-hydrogen) atoms. The number of pyridine rings is 1. The molecular formula is C18H18F3NO3. The van der Waals surface area contributed by atoms with Crippen molar-refractivity contribution in [2.45, 2.75) is 43.2 Å². The Hall–Kier alpha value is -2.12. The van der Waals surface area contributed by atoms with Gasteiger partial charge in [0.2, 0.25) is 0 Å². The minimum atomic E-state index is -4.74. The lowest BCUT2D eigenvalue weighted by molar-refractivity contribution is -0.274. The lowest BCUT2D eigenvalue weighted by Crippen LogP contribution is -2.45. The Kier molecular flexibility index (Phi) is 4.71. The van der Waals surface area contributed by atoms with E-state index in [4.69, 9.17) is 0 Å². The maximum atomic E-state index is 12.3. The van der Waals surface area contributed by atoms with Crippen LogP contribution in [-0.4, -0.2) is 27.7 Å². The van der Waals surface area contributed by atoms with E-state index in [1.807, 2.05) is 0 Å². The summed E-state index contributed by atoms with van der Waals surface area (Å²) in [4.78, 5) is 4.13. The maximum absolute atomic E-state index is 12.3. The lowest BCUT2D eigenvalue weighted by atomic mass is 9.60. The SMILES string of the molecule is OC1CC(CC(O)c2ccccn2)(c2ccc(OC(F)(F)F)cc2)C1. The van der Waals surface area contributed by atoms with Crippen molar-refractivity contribution in [1.82, 2.24) is 4.98 Å². The van der Waals surface area contributed by atoms with Gasteiger partial charge in [0.05, 0.1) is 17.9 Å². The highest BCUT2D eigenvalue weighted by Crippen LogP contribution is 2.49. The zero-order valence-electron chi connectivity index (χ0n) is 13.3. The summed E-state index contributed by atoms with van der Waals surface area (Å²) in [6.45, 7) is 0. The van der Waals surface area contributed by atoms with E-state index < -0.39 is 24.0 Å². The number of rotatable bonds is 5. The molecule has 1 aliphatic rings. The fraction of sp³-hybridized carbons (Fsp3) is 0.389. The molecule has 0 spiro atoms. The second kappa shape index (κ2) is 6.65. The van der Waals surface area contributed by atoms with Crippen molar-refractivity contribution in [2.75, 3.05) is 0 Å². The van der Waals surface area contributed by atoms with Gasteiger partial charge in [-0.3, -0.25) is 4.98 Å². The van der Waals surface area contributed by atoms with E-state index in [1.165, 1.54) is 12.1 Å². The quantitative estimate of drug-likeness (QED) is 0.864. The minimum absolute atomic E-state index is 0.295. The summed E-state index contributed by atoms with van der Waals surface area (Å²) in [5, 5.41) is 20.2. The second-order valence-electron chi connectivity index (χ2n) is 6.39. The van der Waals surface area contributed by atoms with Crippen LogP contribution in [0.1, 0.15) is 36.6 Å². The molecule has 1 saturated carbocycles. The number of aliphatic hydroxyl groups is 2. The third kappa shape index (κ3) is 4.11. The number of ether oxygens (including phenoxy) is 1. The largest absolute Gasteiger partial charge is 0.573 e. The van der Waals surface area contributed by atoms with Crippen LogP contribution in [0, 0.1) is 0 Å². The fourth-order valence-corrected chi connectivity index (χ4v) is 3.42. The summed E-state index contributed by atoms with van der Waals surface area (Å²) >= 11 is 0. The molecule has 1 atom stereocenters. The van der Waals surface area contributed by atoms with Gasteiger partial charge in [-0.15, -0.1) is 13.2 Å². The molecule has 0 saturated heterocycles. The lowest BCUT2D eigenvalue weighted by Gasteiger charge is -2.47. The van der Waals surface area contributed by atoms with Gasteiger partial charge in [-0.1, -0.05) is 18.2 Å². The zero-order chi connectivity index (χ0) is 18.1. The van der Waals surface area contributed by atoms with Gasteiger partial charge < -0.3 is 14.9 Å². The van der Waals surface area contributed by atoms with Gasteiger partial charge >= 0.3 is 6.36 Å². The van der Waals surface area contributed by atoms with Gasteiger partial charge in [0.1, 0.15) is 5.75 Å². The zero-order valence-corrected chi connectivity index (χ0v) is 13.3. The standard InChI is InChI=1S/C18H18F3NO3/c19-18(20,21)25-14-6-4-12(5-7-14)17(9-13(23)10-17)11-16(24)15-3-1-2-8-22-15/h1-8,13,16,23-24H,9-11H2. The predicted molar refractivity (Wildman–Crippen MR) is 83.9 cm³/mol. The van der Waals surface area contributed by atoms with Crippen LogP contribution in [-0.2, 0) is 5.41 Å². The highest BCUT2D eigenvalue weighted by Gasteiger charge is 2.46. The molecule has 4 nitrogen and oxygen atoms in total. The molecular weight excluding hydrogens is 335 g/mol. The van der Waals surface area contributed by atoms with Gasteiger partial charge in [0, 0.05) is 11.6 Å². The minimum Gasteiger partial charge on any atom is -0.406 e. The number of halogens is 3. The third-order valence-electron chi connectivity index (χ3n) is 4.57. The van der Waals surface area contributed by atoms with Crippen LogP contribution in [0.4, 0.5) is 13.2 Å². The van der Waals surface area contributed by atoms with Crippen LogP contribution in [0.3, 0.4) is 0 Å². The van der Waals surface area contributed by atoms with Crippen molar-refractivity contribution in [1.29, 1.82) is 0 Å². The first-order chi connectivity index (χ1) is 11.8. The van der Waals surface area contributed by atoms with Gasteiger partial charge in [-0.25, -0.2) is 0 Å². The number of aromatic nitrogens is 1. The van der Waals surface area contributed by atoms with E-state index in [9.17, 15) is 23.4 Å². The highest BCUT2D eigenvalue weighted by molar-refractivity contribution is 5.35. The molecule has 0 aliphatic heterocycles. The van der Waals surface area contributed by atoms with E-state index in [-0.39, 0.29) is 5.75 Å². The van der Waals surface area contributed by atoms with Crippen molar-refractivity contribution in [3.05, 3.63) is 59.9 Å².